The number of hydrazone groups is 1. The van der Waals surface area contributed by atoms with E-state index in [1.165, 1.54) is 12.1 Å². The predicted molar refractivity (Wildman–Crippen MR) is 80.7 cm³/mol. The van der Waals surface area contributed by atoms with Crippen LogP contribution in [0.3, 0.4) is 0 Å². The maximum Gasteiger partial charge on any atom is 0.269 e. The third-order valence-electron chi connectivity index (χ3n) is 3.64. The molecule has 0 saturated heterocycles. The summed E-state index contributed by atoms with van der Waals surface area (Å²) in [6.07, 6.45) is 0. The second kappa shape index (κ2) is 4.63. The van der Waals surface area contributed by atoms with Gasteiger partial charge in [-0.3, -0.25) is 19.9 Å². The van der Waals surface area contributed by atoms with E-state index in [9.17, 15) is 10.1 Å². The van der Waals surface area contributed by atoms with E-state index < -0.39 is 8.07 Å². The van der Waals surface area contributed by atoms with Crippen molar-refractivity contribution in [2.24, 2.45) is 10.1 Å². The Labute approximate surface area is 118 Å². The largest absolute Gasteiger partial charge is 0.278 e. The van der Waals surface area contributed by atoms with Crippen LogP contribution >= 0.6 is 8.07 Å². The quantitative estimate of drug-likeness (QED) is 0.477. The van der Waals surface area contributed by atoms with E-state index in [4.69, 9.17) is 4.99 Å². The molecule has 20 heavy (non-hydrogen) atoms. The van der Waals surface area contributed by atoms with Gasteiger partial charge < -0.3 is 0 Å². The van der Waals surface area contributed by atoms with Crippen LogP contribution in [0.5, 0.6) is 0 Å². The molecule has 1 aromatic rings. The van der Waals surface area contributed by atoms with Gasteiger partial charge in [-0.2, -0.15) is 5.10 Å². The highest BCUT2D eigenvalue weighted by Crippen LogP contribution is 2.57. The highest BCUT2D eigenvalue weighted by Gasteiger charge is 2.45. The third-order valence-corrected chi connectivity index (χ3v) is 6.49. The Kier molecular flexibility index (Phi) is 3.05. The van der Waals surface area contributed by atoms with E-state index in [-0.39, 0.29) is 16.7 Å². The summed E-state index contributed by atoms with van der Waals surface area (Å²) in [5, 5.41) is 15.3. The van der Waals surface area contributed by atoms with Crippen LogP contribution in [0.1, 0.15) is 19.4 Å². The number of nitro benzene ring substituents is 1. The van der Waals surface area contributed by atoms with Crippen LogP contribution in [0, 0.1) is 10.1 Å². The van der Waals surface area contributed by atoms with E-state index in [1.54, 1.807) is 12.1 Å². The fraction of sp³-hybridized carbons (Fsp3) is 0.385. The van der Waals surface area contributed by atoms with E-state index in [0.717, 1.165) is 16.7 Å². The average Bonchev–Trinajstić information content (AvgIpc) is 2.90. The minimum Gasteiger partial charge on any atom is -0.278 e. The monoisotopic (exact) mass is 290 g/mol. The molecule has 0 radical (unpaired) electrons. The minimum absolute atomic E-state index is 0.108. The van der Waals surface area contributed by atoms with Crippen molar-refractivity contribution in [3.8, 4) is 0 Å². The molecule has 7 heteroatoms. The maximum absolute atomic E-state index is 10.7. The summed E-state index contributed by atoms with van der Waals surface area (Å²) in [4.78, 5) is 15.1. The summed E-state index contributed by atoms with van der Waals surface area (Å²) in [6, 6.07) is 6.87. The van der Waals surface area contributed by atoms with Gasteiger partial charge in [-0.15, -0.1) is 0 Å². The molecule has 2 aliphatic rings. The lowest BCUT2D eigenvalue weighted by molar-refractivity contribution is -0.384. The van der Waals surface area contributed by atoms with E-state index >= 15 is 0 Å². The normalized spacial score (nSPS) is 28.1. The highest BCUT2D eigenvalue weighted by atomic mass is 31.1. The van der Waals surface area contributed by atoms with E-state index in [1.807, 2.05) is 18.8 Å². The van der Waals surface area contributed by atoms with Crippen molar-refractivity contribution >= 4 is 24.9 Å². The number of rotatable bonds is 2. The number of benzene rings is 1. The zero-order valence-electron chi connectivity index (χ0n) is 11.5. The first kappa shape index (κ1) is 13.2. The van der Waals surface area contributed by atoms with E-state index in [2.05, 4.69) is 12.0 Å². The first-order valence-electron chi connectivity index (χ1n) is 6.39. The molecule has 2 aliphatic heterocycles. The maximum atomic E-state index is 10.7. The number of hydrogen-bond acceptors (Lipinski definition) is 5. The van der Waals surface area contributed by atoms with Crippen LogP contribution in [0.15, 0.2) is 34.4 Å². The lowest BCUT2D eigenvalue weighted by Gasteiger charge is -2.21. The van der Waals surface area contributed by atoms with Gasteiger partial charge in [-0.25, -0.2) is 0 Å². The number of fused-ring (bicyclic) bond motifs is 1. The zero-order chi connectivity index (χ0) is 14.4. The predicted octanol–water partition coefficient (Wildman–Crippen LogP) is 2.83. The Morgan fingerprint density at radius 3 is 2.60 bits per heavy atom. The van der Waals surface area contributed by atoms with Gasteiger partial charge in [0.1, 0.15) is 0 Å². The molecule has 2 heterocycles. The van der Waals surface area contributed by atoms with Crippen molar-refractivity contribution in [3.63, 3.8) is 0 Å². The van der Waals surface area contributed by atoms with Crippen molar-refractivity contribution in [3.05, 3.63) is 39.9 Å². The fourth-order valence-electron chi connectivity index (χ4n) is 2.78. The molecule has 6 nitrogen and oxygen atoms in total. The Morgan fingerprint density at radius 1 is 1.35 bits per heavy atom. The van der Waals surface area contributed by atoms with Crippen molar-refractivity contribution < 1.29 is 4.92 Å². The molecule has 0 aliphatic carbocycles. The molecular weight excluding hydrogens is 275 g/mol. The minimum atomic E-state index is -0.588. The highest BCUT2D eigenvalue weighted by molar-refractivity contribution is 7.76. The average molecular weight is 290 g/mol. The van der Waals surface area contributed by atoms with Crippen molar-refractivity contribution in [2.45, 2.75) is 25.5 Å². The molecule has 0 spiro atoms. The molecule has 3 atom stereocenters. The molecule has 1 aromatic carbocycles. The van der Waals surface area contributed by atoms with Crippen LogP contribution in [0.4, 0.5) is 5.69 Å². The van der Waals surface area contributed by atoms with Crippen LogP contribution < -0.4 is 0 Å². The van der Waals surface area contributed by atoms with Crippen molar-refractivity contribution in [1.82, 2.24) is 4.78 Å². The van der Waals surface area contributed by atoms with Crippen molar-refractivity contribution in [2.75, 3.05) is 7.05 Å². The molecule has 3 unspecified atom stereocenters. The number of non-ortho nitro benzene ring substituents is 1. The first-order chi connectivity index (χ1) is 9.49. The van der Waals surface area contributed by atoms with Crippen LogP contribution in [-0.4, -0.2) is 39.6 Å². The molecule has 0 N–H and O–H groups in total. The SMILES string of the molecule is CC1=NN(C)P2C(c3ccc([N+](=O)[O-])cc3)=NC(C)C12. The topological polar surface area (TPSA) is 71.1 Å². The van der Waals surface area contributed by atoms with Crippen LogP contribution in [0.2, 0.25) is 0 Å². The smallest absolute Gasteiger partial charge is 0.269 e. The van der Waals surface area contributed by atoms with Gasteiger partial charge in [0.2, 0.25) is 0 Å². The molecule has 0 bridgehead atoms. The lowest BCUT2D eigenvalue weighted by atomic mass is 10.1. The number of aliphatic imine (C=N–C) groups is 1. The molecule has 3 rings (SSSR count). The molecule has 0 fully saturated rings. The third kappa shape index (κ3) is 1.91. The Bertz CT molecular complexity index is 626. The lowest BCUT2D eigenvalue weighted by Crippen LogP contribution is -2.21. The second-order valence-corrected chi connectivity index (χ2v) is 7.27. The summed E-state index contributed by atoms with van der Waals surface area (Å²) in [5.74, 6) is 0. The van der Waals surface area contributed by atoms with Gasteiger partial charge in [0, 0.05) is 30.5 Å². The zero-order valence-corrected chi connectivity index (χ0v) is 12.4. The number of hydrogen-bond donors (Lipinski definition) is 0. The molecule has 0 saturated carbocycles. The standard InChI is InChI=1S/C13H15N4O2P/c1-8-12-9(2)15-16(3)20(12)13(14-8)10-4-6-11(7-5-10)17(18)19/h4-8,12H,1-3H3. The summed E-state index contributed by atoms with van der Waals surface area (Å²) in [7, 11) is 1.39. The Morgan fingerprint density at radius 2 is 2.00 bits per heavy atom. The number of nitro groups is 1. The van der Waals surface area contributed by atoms with Gasteiger partial charge in [-0.05, 0) is 26.0 Å². The van der Waals surface area contributed by atoms with Gasteiger partial charge in [0.05, 0.1) is 30.1 Å². The van der Waals surface area contributed by atoms with Gasteiger partial charge >= 0.3 is 0 Å². The summed E-state index contributed by atoms with van der Waals surface area (Å²) in [5.41, 5.74) is 3.62. The van der Waals surface area contributed by atoms with E-state index in [0.29, 0.717) is 5.66 Å². The summed E-state index contributed by atoms with van der Waals surface area (Å²) >= 11 is 0. The van der Waals surface area contributed by atoms with Gasteiger partial charge in [-0.1, -0.05) is 0 Å². The molecule has 0 amide bonds. The van der Waals surface area contributed by atoms with Crippen LogP contribution in [0.25, 0.3) is 0 Å². The second-order valence-electron chi connectivity index (χ2n) is 5.02. The summed E-state index contributed by atoms with van der Waals surface area (Å²) in [6.45, 7) is 4.16. The molecular formula is C13H15N4O2P. The van der Waals surface area contributed by atoms with Crippen molar-refractivity contribution in [1.29, 1.82) is 0 Å². The van der Waals surface area contributed by atoms with Crippen LogP contribution in [-0.2, 0) is 0 Å². The first-order valence-corrected chi connectivity index (χ1v) is 7.76. The van der Waals surface area contributed by atoms with Gasteiger partial charge in [0.15, 0.2) is 0 Å². The van der Waals surface area contributed by atoms with Gasteiger partial charge in [0.25, 0.3) is 5.69 Å². The molecule has 0 aromatic heterocycles. The fourth-order valence-corrected chi connectivity index (χ4v) is 5.51. The summed E-state index contributed by atoms with van der Waals surface area (Å²) < 4.78 is 2.01. The molecule has 104 valence electrons. The Hall–Kier alpha value is -1.81. The number of nitrogens with zero attached hydrogens (tertiary/aromatic N) is 4. The Balaban J connectivity index is 1.95.